The lowest BCUT2D eigenvalue weighted by Crippen LogP contribution is -2.33. The van der Waals surface area contributed by atoms with Crippen LogP contribution >= 0.6 is 0 Å². The zero-order chi connectivity index (χ0) is 17.6. The summed E-state index contributed by atoms with van der Waals surface area (Å²) in [4.78, 5) is 15.1. The molecule has 0 aliphatic carbocycles. The van der Waals surface area contributed by atoms with E-state index < -0.39 is 0 Å². The largest absolute Gasteiger partial charge is 0.492 e. The van der Waals surface area contributed by atoms with Crippen LogP contribution in [0.2, 0.25) is 0 Å². The quantitative estimate of drug-likeness (QED) is 0.732. The van der Waals surface area contributed by atoms with Gasteiger partial charge in [0.25, 0.3) is 0 Å². The van der Waals surface area contributed by atoms with Crippen molar-refractivity contribution in [2.45, 2.75) is 33.1 Å². The third kappa shape index (κ3) is 4.70. The van der Waals surface area contributed by atoms with Crippen molar-refractivity contribution < 1.29 is 9.53 Å². The lowest BCUT2D eigenvalue weighted by atomic mass is 10.0. The van der Waals surface area contributed by atoms with Gasteiger partial charge < -0.3 is 4.74 Å². The van der Waals surface area contributed by atoms with E-state index in [1.807, 2.05) is 56.3 Å². The molecule has 3 rings (SSSR count). The molecule has 0 amide bonds. The number of carbonyl (C=O) groups is 1. The monoisotopic (exact) mass is 337 g/mol. The highest BCUT2D eigenvalue weighted by molar-refractivity contribution is 6.09. The van der Waals surface area contributed by atoms with Crippen LogP contribution in [0, 0.1) is 13.8 Å². The molecule has 2 aromatic carbocycles. The molecular weight excluding hydrogens is 310 g/mol. The summed E-state index contributed by atoms with van der Waals surface area (Å²) >= 11 is 0. The minimum atomic E-state index is 0.0583. The molecular formula is C22H27NO2. The molecule has 0 unspecified atom stereocenters. The van der Waals surface area contributed by atoms with Gasteiger partial charge in [-0.1, -0.05) is 36.2 Å². The van der Waals surface area contributed by atoms with Crippen molar-refractivity contribution in [3.63, 3.8) is 0 Å². The Bertz CT molecular complexity index is 715. The molecule has 0 radical (unpaired) electrons. The van der Waals surface area contributed by atoms with E-state index in [1.165, 1.54) is 32.4 Å². The van der Waals surface area contributed by atoms with E-state index in [9.17, 15) is 4.79 Å². The molecule has 3 nitrogen and oxygen atoms in total. The summed E-state index contributed by atoms with van der Waals surface area (Å²) in [7, 11) is 0. The van der Waals surface area contributed by atoms with Crippen molar-refractivity contribution in [3.8, 4) is 5.75 Å². The molecule has 0 spiro atoms. The standard InChI is InChI=1S/C22H27NO2/c1-17-6-8-19(9-7-17)22(24)20-10-11-21(18(2)16-20)25-15-14-23-12-4-3-5-13-23/h6-11,16H,3-5,12-15H2,1-2H3. The van der Waals surface area contributed by atoms with Gasteiger partial charge in [-0.25, -0.2) is 0 Å². The van der Waals surface area contributed by atoms with Crippen molar-refractivity contribution in [1.29, 1.82) is 0 Å². The molecule has 0 N–H and O–H groups in total. The number of piperidine rings is 1. The molecule has 1 aliphatic rings. The highest BCUT2D eigenvalue weighted by atomic mass is 16.5. The third-order valence-corrected chi connectivity index (χ3v) is 4.86. The minimum absolute atomic E-state index is 0.0583. The second kappa shape index (κ2) is 8.30. The summed E-state index contributed by atoms with van der Waals surface area (Å²) in [6.07, 6.45) is 3.95. The molecule has 25 heavy (non-hydrogen) atoms. The first kappa shape index (κ1) is 17.7. The number of likely N-dealkylation sites (tertiary alicyclic amines) is 1. The van der Waals surface area contributed by atoms with Gasteiger partial charge >= 0.3 is 0 Å². The van der Waals surface area contributed by atoms with E-state index in [0.717, 1.165) is 29.0 Å². The predicted molar refractivity (Wildman–Crippen MR) is 102 cm³/mol. The van der Waals surface area contributed by atoms with E-state index in [0.29, 0.717) is 12.2 Å². The van der Waals surface area contributed by atoms with E-state index >= 15 is 0 Å². The molecule has 1 fully saturated rings. The summed E-state index contributed by atoms with van der Waals surface area (Å²) in [6, 6.07) is 13.4. The van der Waals surface area contributed by atoms with Gasteiger partial charge in [0.05, 0.1) is 0 Å². The number of hydrogen-bond acceptors (Lipinski definition) is 3. The third-order valence-electron chi connectivity index (χ3n) is 4.86. The number of nitrogens with zero attached hydrogens (tertiary/aromatic N) is 1. The smallest absolute Gasteiger partial charge is 0.193 e. The highest BCUT2D eigenvalue weighted by Gasteiger charge is 2.12. The maximum Gasteiger partial charge on any atom is 0.193 e. The van der Waals surface area contributed by atoms with E-state index in [1.54, 1.807) is 0 Å². The van der Waals surface area contributed by atoms with Gasteiger partial charge in [-0.15, -0.1) is 0 Å². The summed E-state index contributed by atoms with van der Waals surface area (Å²) in [6.45, 7) is 8.07. The number of aryl methyl sites for hydroxylation is 2. The molecule has 2 aromatic rings. The van der Waals surface area contributed by atoms with Crippen LogP contribution in [0.5, 0.6) is 5.75 Å². The first-order valence-corrected chi connectivity index (χ1v) is 9.21. The topological polar surface area (TPSA) is 29.5 Å². The number of ether oxygens (including phenoxy) is 1. The highest BCUT2D eigenvalue weighted by Crippen LogP contribution is 2.21. The molecule has 3 heteroatoms. The molecule has 0 aromatic heterocycles. The molecule has 1 heterocycles. The average Bonchev–Trinajstić information content (AvgIpc) is 2.64. The maximum absolute atomic E-state index is 12.6. The molecule has 1 aliphatic heterocycles. The Balaban J connectivity index is 1.60. The predicted octanol–water partition coefficient (Wildman–Crippen LogP) is 4.40. The summed E-state index contributed by atoms with van der Waals surface area (Å²) in [5.74, 6) is 0.931. The van der Waals surface area contributed by atoms with E-state index in [-0.39, 0.29) is 5.78 Å². The summed E-state index contributed by atoms with van der Waals surface area (Å²) in [5, 5.41) is 0. The Morgan fingerprint density at radius 2 is 1.64 bits per heavy atom. The van der Waals surface area contributed by atoms with Crippen LogP contribution in [0.4, 0.5) is 0 Å². The van der Waals surface area contributed by atoms with Crippen molar-refractivity contribution in [3.05, 3.63) is 64.7 Å². The Kier molecular flexibility index (Phi) is 5.87. The first-order valence-electron chi connectivity index (χ1n) is 9.21. The second-order valence-corrected chi connectivity index (χ2v) is 6.93. The van der Waals surface area contributed by atoms with Gasteiger partial charge in [-0.05, 0) is 63.5 Å². The van der Waals surface area contributed by atoms with Gasteiger partial charge in [0.2, 0.25) is 0 Å². The van der Waals surface area contributed by atoms with Gasteiger partial charge in [-0.2, -0.15) is 0 Å². The fourth-order valence-corrected chi connectivity index (χ4v) is 3.29. The van der Waals surface area contributed by atoms with Gasteiger partial charge in [0.15, 0.2) is 5.78 Å². The zero-order valence-corrected chi connectivity index (χ0v) is 15.3. The van der Waals surface area contributed by atoms with Crippen LogP contribution in [-0.2, 0) is 0 Å². The van der Waals surface area contributed by atoms with Crippen molar-refractivity contribution >= 4 is 5.78 Å². The Labute approximate surface area is 150 Å². The molecule has 0 saturated carbocycles. The molecule has 132 valence electrons. The number of benzene rings is 2. The fourth-order valence-electron chi connectivity index (χ4n) is 3.29. The maximum atomic E-state index is 12.6. The van der Waals surface area contributed by atoms with Crippen LogP contribution in [0.1, 0.15) is 46.3 Å². The van der Waals surface area contributed by atoms with Crippen LogP contribution < -0.4 is 4.74 Å². The van der Waals surface area contributed by atoms with Gasteiger partial charge in [0, 0.05) is 17.7 Å². The number of hydrogen-bond donors (Lipinski definition) is 0. The van der Waals surface area contributed by atoms with Crippen molar-refractivity contribution in [2.24, 2.45) is 0 Å². The van der Waals surface area contributed by atoms with E-state index in [4.69, 9.17) is 4.74 Å². The summed E-state index contributed by atoms with van der Waals surface area (Å²) < 4.78 is 5.94. The average molecular weight is 337 g/mol. The molecule has 1 saturated heterocycles. The lowest BCUT2D eigenvalue weighted by molar-refractivity contribution is 0.103. The van der Waals surface area contributed by atoms with Crippen LogP contribution in [0.3, 0.4) is 0 Å². The SMILES string of the molecule is Cc1ccc(C(=O)c2ccc(OCCN3CCCCC3)c(C)c2)cc1. The first-order chi connectivity index (χ1) is 12.1. The van der Waals surface area contributed by atoms with Gasteiger partial charge in [-0.3, -0.25) is 9.69 Å². The number of carbonyl (C=O) groups excluding carboxylic acids is 1. The van der Waals surface area contributed by atoms with Crippen LogP contribution in [-0.4, -0.2) is 36.9 Å². The van der Waals surface area contributed by atoms with Crippen LogP contribution in [0.25, 0.3) is 0 Å². The Morgan fingerprint density at radius 3 is 2.32 bits per heavy atom. The Morgan fingerprint density at radius 1 is 0.960 bits per heavy atom. The number of ketones is 1. The molecule has 0 atom stereocenters. The van der Waals surface area contributed by atoms with Crippen molar-refractivity contribution in [2.75, 3.05) is 26.2 Å². The van der Waals surface area contributed by atoms with Crippen molar-refractivity contribution in [1.82, 2.24) is 4.90 Å². The number of rotatable bonds is 6. The minimum Gasteiger partial charge on any atom is -0.492 e. The molecule has 0 bridgehead atoms. The fraction of sp³-hybridized carbons (Fsp3) is 0.409. The summed E-state index contributed by atoms with van der Waals surface area (Å²) in [5.41, 5.74) is 3.61. The van der Waals surface area contributed by atoms with Gasteiger partial charge in [0.1, 0.15) is 12.4 Å². The lowest BCUT2D eigenvalue weighted by Gasteiger charge is -2.26. The Hall–Kier alpha value is -2.13. The normalized spacial score (nSPS) is 15.1. The second-order valence-electron chi connectivity index (χ2n) is 6.93. The van der Waals surface area contributed by atoms with Crippen LogP contribution in [0.15, 0.2) is 42.5 Å². The van der Waals surface area contributed by atoms with E-state index in [2.05, 4.69) is 4.90 Å². The zero-order valence-electron chi connectivity index (χ0n) is 15.3.